The summed E-state index contributed by atoms with van der Waals surface area (Å²) in [6.45, 7) is 9.00. The monoisotopic (exact) mass is 210 g/mol. The zero-order valence-electron chi connectivity index (χ0n) is 9.99. The topological polar surface area (TPSA) is 42.4 Å². The minimum Gasteiger partial charge on any atom is -0.465 e. The van der Waals surface area contributed by atoms with Crippen LogP contribution in [0.15, 0.2) is 16.5 Å². The quantitative estimate of drug-likeness (QED) is 0.783. The first kappa shape index (κ1) is 12.3. The van der Waals surface area contributed by atoms with Crippen molar-refractivity contribution in [1.82, 2.24) is 4.90 Å². The van der Waals surface area contributed by atoms with Gasteiger partial charge in [0.1, 0.15) is 11.5 Å². The van der Waals surface area contributed by atoms with E-state index in [1.54, 1.807) is 0 Å². The van der Waals surface area contributed by atoms with Crippen LogP contribution in [0.25, 0.3) is 0 Å². The molecule has 1 aromatic heterocycles. The Labute approximate surface area is 92.2 Å². The summed E-state index contributed by atoms with van der Waals surface area (Å²) in [5, 5.41) is 0. The molecule has 86 valence electrons. The van der Waals surface area contributed by atoms with E-state index in [0.29, 0.717) is 6.54 Å². The number of hydrogen-bond donors (Lipinski definition) is 1. The van der Waals surface area contributed by atoms with Crippen LogP contribution in [0.4, 0.5) is 0 Å². The van der Waals surface area contributed by atoms with E-state index in [4.69, 9.17) is 10.2 Å². The predicted molar refractivity (Wildman–Crippen MR) is 62.8 cm³/mol. The van der Waals surface area contributed by atoms with Crippen molar-refractivity contribution in [2.75, 3.05) is 19.6 Å². The first-order valence-electron chi connectivity index (χ1n) is 5.73. The zero-order chi connectivity index (χ0) is 11.3. The van der Waals surface area contributed by atoms with Gasteiger partial charge in [-0.3, -0.25) is 4.90 Å². The minimum atomic E-state index is 0.226. The van der Waals surface area contributed by atoms with Gasteiger partial charge in [0.05, 0.1) is 6.04 Å². The Morgan fingerprint density at radius 1 is 1.40 bits per heavy atom. The molecule has 0 saturated heterocycles. The van der Waals surface area contributed by atoms with Crippen molar-refractivity contribution >= 4 is 0 Å². The van der Waals surface area contributed by atoms with E-state index < -0.39 is 0 Å². The van der Waals surface area contributed by atoms with Crippen LogP contribution in [0.1, 0.15) is 37.8 Å². The summed E-state index contributed by atoms with van der Waals surface area (Å²) >= 11 is 0. The second-order valence-electron chi connectivity index (χ2n) is 3.83. The highest BCUT2D eigenvalue weighted by atomic mass is 16.3. The molecule has 3 nitrogen and oxygen atoms in total. The second kappa shape index (κ2) is 5.93. The van der Waals surface area contributed by atoms with E-state index in [0.717, 1.165) is 31.0 Å². The maximum Gasteiger partial charge on any atom is 0.122 e. The van der Waals surface area contributed by atoms with Gasteiger partial charge in [0.15, 0.2) is 0 Å². The van der Waals surface area contributed by atoms with Crippen LogP contribution in [0.2, 0.25) is 0 Å². The summed E-state index contributed by atoms with van der Waals surface area (Å²) in [6, 6.07) is 4.26. The van der Waals surface area contributed by atoms with Gasteiger partial charge in [0.2, 0.25) is 0 Å². The Bertz CT molecular complexity index is 283. The van der Waals surface area contributed by atoms with Gasteiger partial charge >= 0.3 is 0 Å². The second-order valence-corrected chi connectivity index (χ2v) is 3.83. The number of nitrogens with zero attached hydrogens (tertiary/aromatic N) is 1. The molecule has 1 unspecified atom stereocenters. The highest BCUT2D eigenvalue weighted by Gasteiger charge is 2.19. The fourth-order valence-electron chi connectivity index (χ4n) is 1.90. The molecule has 1 rings (SSSR count). The lowest BCUT2D eigenvalue weighted by molar-refractivity contribution is 0.187. The molecule has 0 radical (unpaired) electrons. The molecule has 0 aliphatic heterocycles. The predicted octanol–water partition coefficient (Wildman–Crippen LogP) is 2.32. The van der Waals surface area contributed by atoms with E-state index in [9.17, 15) is 0 Å². The van der Waals surface area contributed by atoms with Gasteiger partial charge in [-0.05, 0) is 38.6 Å². The lowest BCUT2D eigenvalue weighted by Gasteiger charge is -2.27. The van der Waals surface area contributed by atoms with E-state index >= 15 is 0 Å². The molecular weight excluding hydrogens is 188 g/mol. The number of likely N-dealkylation sites (N-methyl/N-ethyl adjacent to an activating group) is 1. The van der Waals surface area contributed by atoms with Crippen LogP contribution in [-0.2, 0) is 0 Å². The number of hydrogen-bond acceptors (Lipinski definition) is 3. The Hall–Kier alpha value is -0.800. The molecule has 2 N–H and O–H groups in total. The number of aryl methyl sites for hydroxylation is 1. The molecule has 0 bridgehead atoms. The molecule has 1 heterocycles. The molecule has 3 heteroatoms. The van der Waals surface area contributed by atoms with E-state index in [2.05, 4.69) is 18.7 Å². The van der Waals surface area contributed by atoms with Gasteiger partial charge in [-0.15, -0.1) is 0 Å². The summed E-state index contributed by atoms with van der Waals surface area (Å²) in [5.74, 6) is 1.95. The third-order valence-corrected chi connectivity index (χ3v) is 2.67. The first-order chi connectivity index (χ1) is 7.22. The fourth-order valence-corrected chi connectivity index (χ4v) is 1.90. The Balaban J connectivity index is 2.76. The third kappa shape index (κ3) is 3.08. The molecular formula is C12H22N2O. The largest absolute Gasteiger partial charge is 0.465 e. The number of nitrogens with two attached hydrogens (primary N) is 1. The van der Waals surface area contributed by atoms with Crippen LogP contribution in [-0.4, -0.2) is 24.5 Å². The summed E-state index contributed by atoms with van der Waals surface area (Å²) in [4.78, 5) is 2.36. The van der Waals surface area contributed by atoms with Crippen molar-refractivity contribution in [1.29, 1.82) is 0 Å². The maximum atomic E-state index is 5.82. The van der Waals surface area contributed by atoms with Crippen molar-refractivity contribution in [2.24, 2.45) is 5.73 Å². The van der Waals surface area contributed by atoms with Crippen LogP contribution in [0.5, 0.6) is 0 Å². The molecule has 1 aromatic rings. The van der Waals surface area contributed by atoms with Gasteiger partial charge in [-0.2, -0.15) is 0 Å². The summed E-state index contributed by atoms with van der Waals surface area (Å²) in [7, 11) is 0. The van der Waals surface area contributed by atoms with Crippen molar-refractivity contribution in [2.45, 2.75) is 33.2 Å². The Kier molecular flexibility index (Phi) is 4.85. The summed E-state index contributed by atoms with van der Waals surface area (Å²) < 4.78 is 5.64. The number of rotatable bonds is 6. The van der Waals surface area contributed by atoms with E-state index in [1.165, 1.54) is 0 Å². The molecule has 0 aliphatic carbocycles. The Morgan fingerprint density at radius 3 is 2.53 bits per heavy atom. The molecule has 15 heavy (non-hydrogen) atoms. The van der Waals surface area contributed by atoms with Crippen LogP contribution >= 0.6 is 0 Å². The van der Waals surface area contributed by atoms with E-state index in [-0.39, 0.29) is 6.04 Å². The van der Waals surface area contributed by atoms with Gasteiger partial charge in [0, 0.05) is 6.54 Å². The summed E-state index contributed by atoms with van der Waals surface area (Å²) in [5.41, 5.74) is 5.82. The van der Waals surface area contributed by atoms with Crippen LogP contribution < -0.4 is 5.73 Å². The molecule has 0 amide bonds. The lowest BCUT2D eigenvalue weighted by atomic mass is 10.2. The zero-order valence-corrected chi connectivity index (χ0v) is 9.99. The maximum absolute atomic E-state index is 5.82. The van der Waals surface area contributed by atoms with Crippen molar-refractivity contribution in [3.8, 4) is 0 Å². The SMILES string of the molecule is CCCN(CC)C(CN)c1ccc(C)o1. The highest BCUT2D eigenvalue weighted by molar-refractivity contribution is 5.10. The van der Waals surface area contributed by atoms with Crippen LogP contribution in [0, 0.1) is 6.92 Å². The van der Waals surface area contributed by atoms with Crippen molar-refractivity contribution < 1.29 is 4.42 Å². The van der Waals surface area contributed by atoms with Crippen LogP contribution in [0.3, 0.4) is 0 Å². The normalized spacial score (nSPS) is 13.4. The van der Waals surface area contributed by atoms with Crippen molar-refractivity contribution in [3.05, 3.63) is 23.7 Å². The van der Waals surface area contributed by atoms with Crippen molar-refractivity contribution in [3.63, 3.8) is 0 Å². The number of furan rings is 1. The third-order valence-electron chi connectivity index (χ3n) is 2.67. The summed E-state index contributed by atoms with van der Waals surface area (Å²) in [6.07, 6.45) is 1.14. The lowest BCUT2D eigenvalue weighted by Crippen LogP contribution is -2.34. The minimum absolute atomic E-state index is 0.226. The standard InChI is InChI=1S/C12H22N2O/c1-4-8-14(5-2)11(9-13)12-7-6-10(3)15-12/h6-7,11H,4-5,8-9,13H2,1-3H3. The van der Waals surface area contributed by atoms with E-state index in [1.807, 2.05) is 19.1 Å². The smallest absolute Gasteiger partial charge is 0.122 e. The van der Waals surface area contributed by atoms with Gasteiger partial charge < -0.3 is 10.2 Å². The molecule has 0 saturated carbocycles. The average molecular weight is 210 g/mol. The first-order valence-corrected chi connectivity index (χ1v) is 5.73. The molecule has 1 atom stereocenters. The average Bonchev–Trinajstić information content (AvgIpc) is 2.64. The molecule has 0 aliphatic rings. The molecule has 0 fully saturated rings. The highest BCUT2D eigenvalue weighted by Crippen LogP contribution is 2.21. The van der Waals surface area contributed by atoms with Gasteiger partial charge in [-0.25, -0.2) is 0 Å². The molecule has 0 aromatic carbocycles. The molecule has 0 spiro atoms. The van der Waals surface area contributed by atoms with Gasteiger partial charge in [-0.1, -0.05) is 13.8 Å². The fraction of sp³-hybridized carbons (Fsp3) is 0.667. The Morgan fingerprint density at radius 2 is 2.13 bits per heavy atom. The van der Waals surface area contributed by atoms with Gasteiger partial charge in [0.25, 0.3) is 0 Å².